The van der Waals surface area contributed by atoms with Crippen molar-refractivity contribution in [3.63, 3.8) is 0 Å². The third-order valence-corrected chi connectivity index (χ3v) is 2.38. The van der Waals surface area contributed by atoms with Crippen molar-refractivity contribution < 1.29 is 14.6 Å². The molecule has 0 spiro atoms. The summed E-state index contributed by atoms with van der Waals surface area (Å²) in [5.41, 5.74) is 0.0361. The Balaban J connectivity index is 2.28. The Morgan fingerprint density at radius 2 is 2.12 bits per heavy atom. The highest BCUT2D eigenvalue weighted by Gasteiger charge is 2.15. The fraction of sp³-hybridized carbons (Fsp3) is 0.500. The van der Waals surface area contributed by atoms with Crippen molar-refractivity contribution in [1.82, 2.24) is 9.97 Å². The number of ether oxygens (including phenoxy) is 1. The van der Waals surface area contributed by atoms with Crippen LogP contribution in [0, 0.1) is 6.92 Å². The first-order chi connectivity index (χ1) is 7.66. The molecule has 6 heteroatoms. The van der Waals surface area contributed by atoms with E-state index in [4.69, 9.17) is 9.84 Å². The van der Waals surface area contributed by atoms with Gasteiger partial charge in [-0.25, -0.2) is 14.8 Å². The van der Waals surface area contributed by atoms with E-state index in [9.17, 15) is 4.79 Å². The predicted molar refractivity (Wildman–Crippen MR) is 56.8 cm³/mol. The lowest BCUT2D eigenvalue weighted by molar-refractivity contribution is 0.0690. The molecule has 2 rings (SSSR count). The highest BCUT2D eigenvalue weighted by Crippen LogP contribution is 2.14. The number of rotatable bonds is 2. The van der Waals surface area contributed by atoms with Gasteiger partial charge in [0.2, 0.25) is 0 Å². The number of carbonyl (C=O) groups is 1. The molecule has 0 aromatic carbocycles. The summed E-state index contributed by atoms with van der Waals surface area (Å²) in [6, 6.07) is 1.50. The van der Waals surface area contributed by atoms with Crippen molar-refractivity contribution in [3.05, 3.63) is 17.6 Å². The molecule has 0 atom stereocenters. The monoisotopic (exact) mass is 223 g/mol. The molecule has 6 nitrogen and oxygen atoms in total. The standard InChI is InChI=1S/C10H13N3O3/c1-7-11-8(10(14)15)6-9(12-7)13-2-4-16-5-3-13/h6H,2-5H2,1H3,(H,14,15). The molecule has 1 aliphatic heterocycles. The molecule has 0 bridgehead atoms. The van der Waals surface area contributed by atoms with Gasteiger partial charge in [-0.15, -0.1) is 0 Å². The van der Waals surface area contributed by atoms with Crippen LogP contribution in [0.3, 0.4) is 0 Å². The smallest absolute Gasteiger partial charge is 0.354 e. The molecule has 2 heterocycles. The number of aryl methyl sites for hydroxylation is 1. The summed E-state index contributed by atoms with van der Waals surface area (Å²) >= 11 is 0. The quantitative estimate of drug-likeness (QED) is 0.778. The van der Waals surface area contributed by atoms with Gasteiger partial charge in [-0.3, -0.25) is 0 Å². The summed E-state index contributed by atoms with van der Waals surface area (Å²) in [5.74, 6) is 0.106. The number of hydrogen-bond acceptors (Lipinski definition) is 5. The minimum absolute atomic E-state index is 0.0361. The second kappa shape index (κ2) is 4.44. The van der Waals surface area contributed by atoms with Crippen LogP contribution in [-0.4, -0.2) is 47.3 Å². The van der Waals surface area contributed by atoms with Crippen molar-refractivity contribution in [3.8, 4) is 0 Å². The Kier molecular flexibility index (Phi) is 3.00. The van der Waals surface area contributed by atoms with Crippen LogP contribution >= 0.6 is 0 Å². The fourth-order valence-electron chi connectivity index (χ4n) is 1.62. The molecular weight excluding hydrogens is 210 g/mol. The van der Waals surface area contributed by atoms with Crippen molar-refractivity contribution >= 4 is 11.8 Å². The second-order valence-corrected chi connectivity index (χ2v) is 3.56. The van der Waals surface area contributed by atoms with Crippen molar-refractivity contribution in [2.24, 2.45) is 0 Å². The Morgan fingerprint density at radius 3 is 2.75 bits per heavy atom. The molecule has 1 aromatic rings. The Morgan fingerprint density at radius 1 is 1.44 bits per heavy atom. The third kappa shape index (κ3) is 2.27. The van der Waals surface area contributed by atoms with Gasteiger partial charge in [-0.05, 0) is 6.92 Å². The van der Waals surface area contributed by atoms with Crippen molar-refractivity contribution in [2.75, 3.05) is 31.2 Å². The number of carboxylic acids is 1. The highest BCUT2D eigenvalue weighted by atomic mass is 16.5. The first kappa shape index (κ1) is 10.8. The van der Waals surface area contributed by atoms with Crippen LogP contribution in [-0.2, 0) is 4.74 Å². The molecule has 1 fully saturated rings. The maximum absolute atomic E-state index is 10.9. The van der Waals surface area contributed by atoms with Gasteiger partial charge >= 0.3 is 5.97 Å². The first-order valence-corrected chi connectivity index (χ1v) is 5.08. The average molecular weight is 223 g/mol. The van der Waals surface area contributed by atoms with E-state index >= 15 is 0 Å². The molecule has 0 aliphatic carbocycles. The van der Waals surface area contributed by atoms with Gasteiger partial charge in [0, 0.05) is 19.2 Å². The molecule has 0 amide bonds. The summed E-state index contributed by atoms with van der Waals surface area (Å²) in [4.78, 5) is 21.0. The molecular formula is C10H13N3O3. The lowest BCUT2D eigenvalue weighted by Gasteiger charge is -2.27. The van der Waals surface area contributed by atoms with E-state index in [2.05, 4.69) is 9.97 Å². The molecule has 0 saturated carbocycles. The van der Waals surface area contributed by atoms with Gasteiger partial charge in [0.05, 0.1) is 13.2 Å². The number of carboxylic acid groups (broad SMARTS) is 1. The van der Waals surface area contributed by atoms with Crippen LogP contribution in [0.2, 0.25) is 0 Å². The maximum Gasteiger partial charge on any atom is 0.354 e. The summed E-state index contributed by atoms with van der Waals surface area (Å²) < 4.78 is 5.23. The summed E-state index contributed by atoms with van der Waals surface area (Å²) in [7, 11) is 0. The van der Waals surface area contributed by atoms with Crippen LogP contribution < -0.4 is 4.90 Å². The van der Waals surface area contributed by atoms with E-state index in [1.807, 2.05) is 4.90 Å². The topological polar surface area (TPSA) is 75.5 Å². The van der Waals surface area contributed by atoms with E-state index in [1.165, 1.54) is 6.07 Å². The molecule has 1 saturated heterocycles. The zero-order valence-corrected chi connectivity index (χ0v) is 9.01. The van der Waals surface area contributed by atoms with Gasteiger partial charge in [-0.1, -0.05) is 0 Å². The van der Waals surface area contributed by atoms with Gasteiger partial charge in [-0.2, -0.15) is 0 Å². The number of anilines is 1. The molecule has 16 heavy (non-hydrogen) atoms. The minimum Gasteiger partial charge on any atom is -0.477 e. The highest BCUT2D eigenvalue weighted by molar-refractivity contribution is 5.86. The Bertz CT molecular complexity index is 402. The number of aromatic nitrogens is 2. The first-order valence-electron chi connectivity index (χ1n) is 5.08. The van der Waals surface area contributed by atoms with E-state index in [0.717, 1.165) is 13.1 Å². The van der Waals surface area contributed by atoms with E-state index in [-0.39, 0.29) is 5.69 Å². The molecule has 1 aromatic heterocycles. The van der Waals surface area contributed by atoms with Crippen LogP contribution in [0.15, 0.2) is 6.07 Å². The SMILES string of the molecule is Cc1nc(C(=O)O)cc(N2CCOCC2)n1. The van der Waals surface area contributed by atoms with Crippen LogP contribution in [0.4, 0.5) is 5.82 Å². The average Bonchev–Trinajstić information content (AvgIpc) is 2.29. The number of nitrogens with zero attached hydrogens (tertiary/aromatic N) is 3. The van der Waals surface area contributed by atoms with Crippen LogP contribution in [0.5, 0.6) is 0 Å². The van der Waals surface area contributed by atoms with E-state index < -0.39 is 5.97 Å². The maximum atomic E-state index is 10.9. The van der Waals surface area contributed by atoms with Gasteiger partial charge in [0.15, 0.2) is 5.69 Å². The molecule has 0 radical (unpaired) electrons. The zero-order chi connectivity index (χ0) is 11.5. The minimum atomic E-state index is -1.03. The predicted octanol–water partition coefficient (Wildman–Crippen LogP) is 0.320. The van der Waals surface area contributed by atoms with Crippen LogP contribution in [0.25, 0.3) is 0 Å². The largest absolute Gasteiger partial charge is 0.477 e. The number of morpholine rings is 1. The molecule has 0 unspecified atom stereocenters. The van der Waals surface area contributed by atoms with Crippen LogP contribution in [0.1, 0.15) is 16.3 Å². The third-order valence-electron chi connectivity index (χ3n) is 2.38. The second-order valence-electron chi connectivity index (χ2n) is 3.56. The zero-order valence-electron chi connectivity index (χ0n) is 9.01. The van der Waals surface area contributed by atoms with Gasteiger partial charge in [0.1, 0.15) is 11.6 Å². The lowest BCUT2D eigenvalue weighted by atomic mass is 10.3. The summed E-state index contributed by atoms with van der Waals surface area (Å²) in [6.07, 6.45) is 0. The summed E-state index contributed by atoms with van der Waals surface area (Å²) in [5, 5.41) is 8.90. The molecule has 86 valence electrons. The van der Waals surface area contributed by atoms with Gasteiger partial charge in [0.25, 0.3) is 0 Å². The lowest BCUT2D eigenvalue weighted by Crippen LogP contribution is -2.37. The van der Waals surface area contributed by atoms with E-state index in [0.29, 0.717) is 24.9 Å². The Hall–Kier alpha value is -1.69. The Labute approximate surface area is 92.9 Å². The summed E-state index contributed by atoms with van der Waals surface area (Å²) in [6.45, 7) is 4.44. The molecule has 1 aliphatic rings. The number of aromatic carboxylic acids is 1. The van der Waals surface area contributed by atoms with Crippen molar-refractivity contribution in [2.45, 2.75) is 6.92 Å². The van der Waals surface area contributed by atoms with E-state index in [1.54, 1.807) is 6.92 Å². The fourth-order valence-corrected chi connectivity index (χ4v) is 1.62. The number of hydrogen-bond donors (Lipinski definition) is 1. The van der Waals surface area contributed by atoms with Crippen molar-refractivity contribution in [1.29, 1.82) is 0 Å². The molecule has 1 N–H and O–H groups in total. The normalized spacial score (nSPS) is 16.2. The van der Waals surface area contributed by atoms with Gasteiger partial charge < -0.3 is 14.7 Å².